The van der Waals surface area contributed by atoms with E-state index >= 15 is 0 Å². The number of hydrogen-bond donors (Lipinski definition) is 1. The summed E-state index contributed by atoms with van der Waals surface area (Å²) in [7, 11) is 0. The van der Waals surface area contributed by atoms with Gasteiger partial charge in [0.25, 0.3) is 5.91 Å². The van der Waals surface area contributed by atoms with Crippen molar-refractivity contribution in [3.8, 4) is 0 Å². The number of rotatable bonds is 6. The fraction of sp³-hybridized carbons (Fsp3) is 0.0909. The number of thiophene rings is 1. The fourth-order valence-electron chi connectivity index (χ4n) is 2.82. The van der Waals surface area contributed by atoms with Gasteiger partial charge in [0.1, 0.15) is 0 Å². The van der Waals surface area contributed by atoms with Crippen molar-refractivity contribution in [2.75, 3.05) is 5.32 Å². The molecule has 9 heteroatoms. The number of anilines is 1. The van der Waals surface area contributed by atoms with Gasteiger partial charge in [0.05, 0.1) is 17.1 Å². The summed E-state index contributed by atoms with van der Waals surface area (Å²) < 4.78 is 39.3. The molecule has 0 bridgehead atoms. The number of carbonyl (C=O) groups excluding carboxylic acids is 1. The standard InChI is InChI=1S/C22H16F3N3OS2/c23-22(24,25)20-10-11-28(27-20)13-15-12-19(30-14-15)21(29)26-17-8-4-5-9-18(17)31-16-6-2-1-3-7-16/h1-12,14H,13H2,(H,26,29). The quantitative estimate of drug-likeness (QED) is 0.362. The molecule has 0 saturated carbocycles. The molecule has 0 atom stereocenters. The van der Waals surface area contributed by atoms with E-state index in [4.69, 9.17) is 0 Å². The van der Waals surface area contributed by atoms with Crippen molar-refractivity contribution in [3.63, 3.8) is 0 Å². The van der Waals surface area contributed by atoms with Crippen molar-refractivity contribution in [2.24, 2.45) is 0 Å². The molecule has 0 spiro atoms. The fourth-order valence-corrected chi connectivity index (χ4v) is 4.55. The van der Waals surface area contributed by atoms with Crippen LogP contribution in [0.3, 0.4) is 0 Å². The number of hydrogen-bond acceptors (Lipinski definition) is 4. The lowest BCUT2D eigenvalue weighted by Crippen LogP contribution is -2.11. The molecule has 31 heavy (non-hydrogen) atoms. The first-order valence-electron chi connectivity index (χ1n) is 9.20. The Morgan fingerprint density at radius 1 is 1.06 bits per heavy atom. The van der Waals surface area contributed by atoms with Gasteiger partial charge in [-0.05, 0) is 47.3 Å². The molecule has 0 fully saturated rings. The maximum absolute atomic E-state index is 12.7. The molecule has 4 nitrogen and oxygen atoms in total. The van der Waals surface area contributed by atoms with E-state index in [1.807, 2.05) is 54.6 Å². The Labute approximate surface area is 184 Å². The maximum atomic E-state index is 12.7. The van der Waals surface area contributed by atoms with E-state index in [0.29, 0.717) is 16.1 Å². The van der Waals surface area contributed by atoms with Crippen LogP contribution in [-0.2, 0) is 12.7 Å². The van der Waals surface area contributed by atoms with Gasteiger partial charge < -0.3 is 5.32 Å². The molecular formula is C22H16F3N3OS2. The number of aromatic nitrogens is 2. The molecule has 1 N–H and O–H groups in total. The molecule has 2 aromatic carbocycles. The van der Waals surface area contributed by atoms with E-state index in [1.165, 1.54) is 22.2 Å². The third-order valence-electron chi connectivity index (χ3n) is 4.26. The first-order valence-corrected chi connectivity index (χ1v) is 10.9. The van der Waals surface area contributed by atoms with E-state index in [9.17, 15) is 18.0 Å². The normalized spacial score (nSPS) is 11.5. The first kappa shape index (κ1) is 21.2. The van der Waals surface area contributed by atoms with Crippen LogP contribution < -0.4 is 5.32 Å². The summed E-state index contributed by atoms with van der Waals surface area (Å²) in [6.45, 7) is 0.153. The van der Waals surface area contributed by atoms with Gasteiger partial charge in [0.2, 0.25) is 0 Å². The lowest BCUT2D eigenvalue weighted by Gasteiger charge is -2.10. The summed E-state index contributed by atoms with van der Waals surface area (Å²) in [6.07, 6.45) is -3.20. The summed E-state index contributed by atoms with van der Waals surface area (Å²) in [5.74, 6) is -0.270. The van der Waals surface area contributed by atoms with E-state index in [-0.39, 0.29) is 12.5 Å². The van der Waals surface area contributed by atoms with Gasteiger partial charge in [0.15, 0.2) is 5.69 Å². The maximum Gasteiger partial charge on any atom is 0.435 e. The molecule has 0 aliphatic carbocycles. The number of benzene rings is 2. The zero-order chi connectivity index (χ0) is 21.8. The summed E-state index contributed by atoms with van der Waals surface area (Å²) in [5, 5.41) is 8.22. The molecule has 4 rings (SSSR count). The minimum atomic E-state index is -4.48. The molecule has 0 aliphatic heterocycles. The second-order valence-electron chi connectivity index (χ2n) is 6.58. The number of nitrogens with one attached hydrogen (secondary N) is 1. The largest absolute Gasteiger partial charge is 0.435 e. The van der Waals surface area contributed by atoms with E-state index < -0.39 is 11.9 Å². The highest BCUT2D eigenvalue weighted by molar-refractivity contribution is 7.99. The van der Waals surface area contributed by atoms with Gasteiger partial charge >= 0.3 is 6.18 Å². The Kier molecular flexibility index (Phi) is 6.15. The van der Waals surface area contributed by atoms with Gasteiger partial charge in [-0.2, -0.15) is 18.3 Å². The molecule has 0 unspecified atom stereocenters. The predicted molar refractivity (Wildman–Crippen MR) is 116 cm³/mol. The van der Waals surface area contributed by atoms with Crippen LogP contribution in [0.2, 0.25) is 0 Å². The lowest BCUT2D eigenvalue weighted by atomic mass is 10.3. The Hall–Kier alpha value is -3.04. The average molecular weight is 460 g/mol. The van der Waals surface area contributed by atoms with E-state index in [0.717, 1.165) is 15.9 Å². The van der Waals surface area contributed by atoms with Crippen molar-refractivity contribution in [3.05, 3.63) is 94.4 Å². The summed E-state index contributed by atoms with van der Waals surface area (Å²) in [5.41, 5.74) is 0.463. The molecule has 2 heterocycles. The number of alkyl halides is 3. The highest BCUT2D eigenvalue weighted by atomic mass is 32.2. The van der Waals surface area contributed by atoms with Crippen LogP contribution in [0.25, 0.3) is 0 Å². The first-order chi connectivity index (χ1) is 14.9. The van der Waals surface area contributed by atoms with Gasteiger partial charge in [0, 0.05) is 16.0 Å². The molecular weight excluding hydrogens is 443 g/mol. The van der Waals surface area contributed by atoms with Crippen LogP contribution in [0.5, 0.6) is 0 Å². The van der Waals surface area contributed by atoms with Crippen LogP contribution >= 0.6 is 23.1 Å². The third-order valence-corrected chi connectivity index (χ3v) is 6.32. The number of para-hydroxylation sites is 1. The Bertz CT molecular complexity index is 1190. The molecule has 0 saturated heterocycles. The Morgan fingerprint density at radius 3 is 2.55 bits per heavy atom. The van der Waals surface area contributed by atoms with Crippen LogP contribution in [0.1, 0.15) is 20.9 Å². The van der Waals surface area contributed by atoms with Crippen molar-refractivity contribution in [2.45, 2.75) is 22.5 Å². The van der Waals surface area contributed by atoms with E-state index in [2.05, 4.69) is 10.4 Å². The highest BCUT2D eigenvalue weighted by Gasteiger charge is 2.33. The minimum Gasteiger partial charge on any atom is -0.320 e. The molecule has 1 amide bonds. The summed E-state index contributed by atoms with van der Waals surface area (Å²) >= 11 is 2.78. The van der Waals surface area contributed by atoms with Gasteiger partial charge in [-0.3, -0.25) is 9.48 Å². The molecule has 0 aliphatic rings. The topological polar surface area (TPSA) is 46.9 Å². The van der Waals surface area contributed by atoms with Gasteiger partial charge in [-0.1, -0.05) is 42.1 Å². The number of nitrogens with zero attached hydrogens (tertiary/aromatic N) is 2. The van der Waals surface area contributed by atoms with Crippen LogP contribution in [-0.4, -0.2) is 15.7 Å². The van der Waals surface area contributed by atoms with Crippen molar-refractivity contribution < 1.29 is 18.0 Å². The zero-order valence-corrected chi connectivity index (χ0v) is 17.6. The smallest absolute Gasteiger partial charge is 0.320 e. The minimum absolute atomic E-state index is 0.153. The third kappa shape index (κ3) is 5.36. The molecule has 4 aromatic rings. The highest BCUT2D eigenvalue weighted by Crippen LogP contribution is 2.33. The predicted octanol–water partition coefficient (Wildman–Crippen LogP) is 6.42. The van der Waals surface area contributed by atoms with Crippen molar-refractivity contribution in [1.82, 2.24) is 9.78 Å². The lowest BCUT2D eigenvalue weighted by molar-refractivity contribution is -0.141. The zero-order valence-electron chi connectivity index (χ0n) is 16.0. The van der Waals surface area contributed by atoms with Crippen LogP contribution in [0.4, 0.5) is 18.9 Å². The van der Waals surface area contributed by atoms with Crippen molar-refractivity contribution >= 4 is 34.7 Å². The number of carbonyl (C=O) groups is 1. The molecule has 0 radical (unpaired) electrons. The Balaban J connectivity index is 1.45. The SMILES string of the molecule is O=C(Nc1ccccc1Sc1ccccc1)c1cc(Cn2ccc(C(F)(F)F)n2)cs1. The number of amides is 1. The monoisotopic (exact) mass is 459 g/mol. The van der Waals surface area contributed by atoms with E-state index in [1.54, 1.807) is 23.2 Å². The second-order valence-corrected chi connectivity index (χ2v) is 8.61. The molecule has 158 valence electrons. The van der Waals surface area contributed by atoms with Gasteiger partial charge in [-0.15, -0.1) is 11.3 Å². The summed E-state index contributed by atoms with van der Waals surface area (Å²) in [6, 6.07) is 20.0. The Morgan fingerprint density at radius 2 is 1.81 bits per heavy atom. The average Bonchev–Trinajstić information content (AvgIpc) is 3.40. The van der Waals surface area contributed by atoms with Crippen LogP contribution in [0, 0.1) is 0 Å². The second kappa shape index (κ2) is 8.99. The van der Waals surface area contributed by atoms with Gasteiger partial charge in [-0.25, -0.2) is 0 Å². The molecule has 2 aromatic heterocycles. The number of halogens is 3. The van der Waals surface area contributed by atoms with Crippen molar-refractivity contribution in [1.29, 1.82) is 0 Å². The summed E-state index contributed by atoms with van der Waals surface area (Å²) in [4.78, 5) is 15.2. The van der Waals surface area contributed by atoms with Crippen LogP contribution in [0.15, 0.2) is 88.1 Å².